The Bertz CT molecular complexity index is 1030. The average Bonchev–Trinajstić information content (AvgIpc) is 2.61. The standard InChI is InChI=1S/C20H23N5O2/c1-11-10-14(27-6)7-8-15(11)22-20(26)18-23-17-16(19(24-18)25(4)5)12(2)9-13(3)21-17/h7-10H,1-6H3,(H,22,26). The van der Waals surface area contributed by atoms with Crippen molar-refractivity contribution >= 4 is 28.4 Å². The molecule has 27 heavy (non-hydrogen) atoms. The second-order valence-electron chi connectivity index (χ2n) is 6.68. The third-order valence-corrected chi connectivity index (χ3v) is 4.28. The maximum absolute atomic E-state index is 12.8. The molecule has 0 aliphatic rings. The zero-order valence-corrected chi connectivity index (χ0v) is 16.4. The van der Waals surface area contributed by atoms with E-state index in [1.807, 2.05) is 51.9 Å². The van der Waals surface area contributed by atoms with E-state index in [9.17, 15) is 4.79 Å². The zero-order chi connectivity index (χ0) is 19.7. The number of nitrogens with one attached hydrogen (secondary N) is 1. The first kappa shape index (κ1) is 18.6. The van der Waals surface area contributed by atoms with Gasteiger partial charge in [-0.2, -0.15) is 0 Å². The van der Waals surface area contributed by atoms with Gasteiger partial charge in [-0.05, 0) is 56.2 Å². The van der Waals surface area contributed by atoms with Gasteiger partial charge in [-0.1, -0.05) is 0 Å². The second kappa shape index (κ2) is 7.19. The van der Waals surface area contributed by atoms with Crippen molar-refractivity contribution in [3.8, 4) is 5.75 Å². The van der Waals surface area contributed by atoms with Crippen molar-refractivity contribution in [1.29, 1.82) is 0 Å². The Labute approximate surface area is 158 Å². The largest absolute Gasteiger partial charge is 0.497 e. The molecule has 0 saturated heterocycles. The van der Waals surface area contributed by atoms with Crippen LogP contribution < -0.4 is 15.0 Å². The number of anilines is 2. The van der Waals surface area contributed by atoms with Crippen molar-refractivity contribution in [2.75, 3.05) is 31.4 Å². The maximum atomic E-state index is 12.8. The molecule has 1 aromatic carbocycles. The molecule has 0 fully saturated rings. The Morgan fingerprint density at radius 2 is 1.78 bits per heavy atom. The zero-order valence-electron chi connectivity index (χ0n) is 16.4. The lowest BCUT2D eigenvalue weighted by atomic mass is 10.1. The minimum Gasteiger partial charge on any atom is -0.497 e. The summed E-state index contributed by atoms with van der Waals surface area (Å²) in [6, 6.07) is 7.44. The summed E-state index contributed by atoms with van der Waals surface area (Å²) in [5, 5.41) is 3.72. The van der Waals surface area contributed by atoms with Crippen molar-refractivity contribution in [3.05, 3.63) is 46.9 Å². The number of rotatable bonds is 4. The fraction of sp³-hybridized carbons (Fsp3) is 0.300. The monoisotopic (exact) mass is 365 g/mol. The van der Waals surface area contributed by atoms with Crippen LogP contribution in [0, 0.1) is 20.8 Å². The van der Waals surface area contributed by atoms with Crippen LogP contribution in [0.1, 0.15) is 27.4 Å². The summed E-state index contributed by atoms with van der Waals surface area (Å²) < 4.78 is 5.20. The lowest BCUT2D eigenvalue weighted by molar-refractivity contribution is 0.101. The van der Waals surface area contributed by atoms with Gasteiger partial charge in [-0.3, -0.25) is 4.79 Å². The van der Waals surface area contributed by atoms with Crippen molar-refractivity contribution in [2.24, 2.45) is 0 Å². The number of aryl methyl sites for hydroxylation is 3. The summed E-state index contributed by atoms with van der Waals surface area (Å²) in [6.45, 7) is 5.80. The number of hydrogen-bond acceptors (Lipinski definition) is 6. The predicted molar refractivity (Wildman–Crippen MR) is 107 cm³/mol. The molecule has 7 nitrogen and oxygen atoms in total. The van der Waals surface area contributed by atoms with Gasteiger partial charge in [0, 0.05) is 25.5 Å². The van der Waals surface area contributed by atoms with Crippen LogP contribution in [0.4, 0.5) is 11.5 Å². The number of carbonyl (C=O) groups excluding carboxylic acids is 1. The molecule has 3 aromatic rings. The molecule has 140 valence electrons. The van der Waals surface area contributed by atoms with E-state index in [1.165, 1.54) is 0 Å². The van der Waals surface area contributed by atoms with Gasteiger partial charge >= 0.3 is 0 Å². The summed E-state index contributed by atoms with van der Waals surface area (Å²) in [5.74, 6) is 1.10. The number of nitrogens with zero attached hydrogens (tertiary/aromatic N) is 4. The van der Waals surface area contributed by atoms with E-state index < -0.39 is 0 Å². The molecular formula is C20H23N5O2. The van der Waals surface area contributed by atoms with E-state index >= 15 is 0 Å². The third kappa shape index (κ3) is 3.67. The number of pyridine rings is 1. The fourth-order valence-electron chi connectivity index (χ4n) is 2.96. The van der Waals surface area contributed by atoms with Gasteiger partial charge in [0.15, 0.2) is 5.65 Å². The van der Waals surface area contributed by atoms with Crippen LogP contribution in [0.5, 0.6) is 5.75 Å². The number of aromatic nitrogens is 3. The SMILES string of the molecule is COc1ccc(NC(=O)c2nc(N(C)C)c3c(C)cc(C)nc3n2)c(C)c1. The van der Waals surface area contributed by atoms with Crippen LogP contribution in [-0.2, 0) is 0 Å². The van der Waals surface area contributed by atoms with Crippen LogP contribution in [0.2, 0.25) is 0 Å². The molecule has 2 heterocycles. The number of ether oxygens (including phenoxy) is 1. The number of methoxy groups -OCH3 is 1. The molecule has 0 aliphatic heterocycles. The highest BCUT2D eigenvalue weighted by molar-refractivity contribution is 6.04. The molecule has 0 radical (unpaired) electrons. The molecule has 0 spiro atoms. The van der Waals surface area contributed by atoms with E-state index in [1.54, 1.807) is 19.2 Å². The normalized spacial score (nSPS) is 10.7. The molecule has 0 atom stereocenters. The molecular weight excluding hydrogens is 342 g/mol. The second-order valence-corrected chi connectivity index (χ2v) is 6.68. The van der Waals surface area contributed by atoms with E-state index in [0.29, 0.717) is 17.2 Å². The molecule has 3 rings (SSSR count). The third-order valence-electron chi connectivity index (χ3n) is 4.28. The van der Waals surface area contributed by atoms with Gasteiger partial charge < -0.3 is 15.0 Å². The Kier molecular flexibility index (Phi) is 4.94. The molecule has 0 saturated carbocycles. The van der Waals surface area contributed by atoms with Gasteiger partial charge in [0.2, 0.25) is 5.82 Å². The highest BCUT2D eigenvalue weighted by Gasteiger charge is 2.18. The Morgan fingerprint density at radius 3 is 2.41 bits per heavy atom. The van der Waals surface area contributed by atoms with Crippen molar-refractivity contribution < 1.29 is 9.53 Å². The summed E-state index contributed by atoms with van der Waals surface area (Å²) in [7, 11) is 5.38. The molecule has 0 bridgehead atoms. The van der Waals surface area contributed by atoms with Crippen LogP contribution in [0.3, 0.4) is 0 Å². The number of carbonyl (C=O) groups is 1. The maximum Gasteiger partial charge on any atom is 0.293 e. The summed E-state index contributed by atoms with van der Waals surface area (Å²) in [6.07, 6.45) is 0. The predicted octanol–water partition coefficient (Wildman–Crippen LogP) is 3.28. The Hall–Kier alpha value is -3.22. The van der Waals surface area contributed by atoms with Crippen LogP contribution in [0.15, 0.2) is 24.3 Å². The van der Waals surface area contributed by atoms with Gasteiger partial charge in [0.25, 0.3) is 5.91 Å². The van der Waals surface area contributed by atoms with E-state index in [4.69, 9.17) is 4.74 Å². The summed E-state index contributed by atoms with van der Waals surface area (Å²) in [5.41, 5.74) is 3.97. The first-order valence-corrected chi connectivity index (χ1v) is 8.59. The number of benzene rings is 1. The number of hydrogen-bond donors (Lipinski definition) is 1. The molecule has 1 amide bonds. The molecule has 7 heteroatoms. The highest BCUT2D eigenvalue weighted by atomic mass is 16.5. The number of amides is 1. The first-order chi connectivity index (χ1) is 12.8. The van der Waals surface area contributed by atoms with Gasteiger partial charge in [0.1, 0.15) is 11.6 Å². The van der Waals surface area contributed by atoms with Crippen LogP contribution >= 0.6 is 0 Å². The minimum absolute atomic E-state index is 0.0823. The van der Waals surface area contributed by atoms with Gasteiger partial charge in [0.05, 0.1) is 12.5 Å². The Balaban J connectivity index is 2.04. The van der Waals surface area contributed by atoms with Crippen molar-refractivity contribution in [1.82, 2.24) is 15.0 Å². The topological polar surface area (TPSA) is 80.2 Å². The Morgan fingerprint density at radius 1 is 1.04 bits per heavy atom. The van der Waals surface area contributed by atoms with Gasteiger partial charge in [-0.15, -0.1) is 0 Å². The summed E-state index contributed by atoms with van der Waals surface area (Å²) in [4.78, 5) is 28.1. The molecule has 1 N–H and O–H groups in total. The van der Waals surface area contributed by atoms with E-state index in [0.717, 1.165) is 28.0 Å². The first-order valence-electron chi connectivity index (χ1n) is 8.59. The van der Waals surface area contributed by atoms with Crippen LogP contribution in [0.25, 0.3) is 11.0 Å². The van der Waals surface area contributed by atoms with Crippen LogP contribution in [-0.4, -0.2) is 42.1 Å². The lowest BCUT2D eigenvalue weighted by Gasteiger charge is -2.17. The quantitative estimate of drug-likeness (QED) is 0.764. The lowest BCUT2D eigenvalue weighted by Crippen LogP contribution is -2.20. The molecule has 0 aliphatic carbocycles. The van der Waals surface area contributed by atoms with Gasteiger partial charge in [-0.25, -0.2) is 15.0 Å². The minimum atomic E-state index is -0.380. The average molecular weight is 365 g/mol. The smallest absolute Gasteiger partial charge is 0.293 e. The summed E-state index contributed by atoms with van der Waals surface area (Å²) >= 11 is 0. The molecule has 2 aromatic heterocycles. The van der Waals surface area contributed by atoms with E-state index in [-0.39, 0.29) is 11.7 Å². The van der Waals surface area contributed by atoms with Crippen molar-refractivity contribution in [2.45, 2.75) is 20.8 Å². The van der Waals surface area contributed by atoms with Crippen molar-refractivity contribution in [3.63, 3.8) is 0 Å². The van der Waals surface area contributed by atoms with E-state index in [2.05, 4.69) is 20.3 Å². The molecule has 0 unspecified atom stereocenters. The fourth-order valence-corrected chi connectivity index (χ4v) is 2.96. The highest BCUT2D eigenvalue weighted by Crippen LogP contribution is 2.26. The number of fused-ring (bicyclic) bond motifs is 1.